The molecule has 0 N–H and O–H groups in total. The fourth-order valence-corrected chi connectivity index (χ4v) is 4.75. The maximum atomic E-state index is 4.54. The quantitative estimate of drug-likeness (QED) is 0.515. The molecule has 0 spiro atoms. The molecule has 0 atom stereocenters. The summed E-state index contributed by atoms with van der Waals surface area (Å²) >= 11 is 0. The van der Waals surface area contributed by atoms with Crippen molar-refractivity contribution < 1.29 is 0 Å². The molecule has 136 valence electrons. The zero-order chi connectivity index (χ0) is 18.7. The van der Waals surface area contributed by atoms with E-state index in [1.165, 1.54) is 64.7 Å². The fraction of sp³-hybridized carbons (Fsp3) is 0.385. The number of allylic oxidation sites excluding steroid dienone is 9. The molecule has 0 saturated heterocycles. The molecule has 2 aliphatic rings. The van der Waals surface area contributed by atoms with Crippen LogP contribution in [0.2, 0.25) is 0 Å². The summed E-state index contributed by atoms with van der Waals surface area (Å²) in [6.07, 6.45) is 17.0. The second-order valence-corrected chi connectivity index (χ2v) is 7.87. The molecular formula is C26H32. The SMILES string of the molecule is C=C1/C(=C\C(C)=C2\C=CC=CC2)C(CCC)(CCC)c2cc(C)ccc21. The predicted octanol–water partition coefficient (Wildman–Crippen LogP) is 7.62. The average molecular weight is 345 g/mol. The van der Waals surface area contributed by atoms with E-state index in [9.17, 15) is 0 Å². The molecule has 2 aliphatic carbocycles. The molecule has 0 bridgehead atoms. The van der Waals surface area contributed by atoms with Crippen molar-refractivity contribution in [2.75, 3.05) is 0 Å². The first-order valence-corrected chi connectivity index (χ1v) is 10.1. The molecule has 26 heavy (non-hydrogen) atoms. The third-order valence-electron chi connectivity index (χ3n) is 5.96. The monoisotopic (exact) mass is 344 g/mol. The summed E-state index contributed by atoms with van der Waals surface area (Å²) in [5.74, 6) is 0. The lowest BCUT2D eigenvalue weighted by atomic mass is 9.70. The lowest BCUT2D eigenvalue weighted by Crippen LogP contribution is -2.25. The lowest BCUT2D eigenvalue weighted by Gasteiger charge is -2.33. The van der Waals surface area contributed by atoms with Crippen molar-refractivity contribution in [1.29, 1.82) is 0 Å². The van der Waals surface area contributed by atoms with Gasteiger partial charge in [0.25, 0.3) is 0 Å². The normalized spacial score (nSPS) is 21.4. The van der Waals surface area contributed by atoms with Gasteiger partial charge in [-0.2, -0.15) is 0 Å². The molecule has 0 saturated carbocycles. The van der Waals surface area contributed by atoms with Crippen LogP contribution < -0.4 is 0 Å². The number of fused-ring (bicyclic) bond motifs is 1. The molecule has 0 fully saturated rings. The Labute approximate surface area is 159 Å². The topological polar surface area (TPSA) is 0 Å². The third-order valence-corrected chi connectivity index (χ3v) is 5.96. The van der Waals surface area contributed by atoms with E-state index >= 15 is 0 Å². The van der Waals surface area contributed by atoms with Crippen molar-refractivity contribution in [3.05, 3.63) is 88.6 Å². The number of hydrogen-bond acceptors (Lipinski definition) is 0. The van der Waals surface area contributed by atoms with Gasteiger partial charge in [0, 0.05) is 5.41 Å². The fourth-order valence-electron chi connectivity index (χ4n) is 4.75. The maximum absolute atomic E-state index is 4.54. The van der Waals surface area contributed by atoms with Gasteiger partial charge in [-0.15, -0.1) is 0 Å². The Hall–Kier alpha value is -2.08. The first-order valence-electron chi connectivity index (χ1n) is 10.1. The Morgan fingerprint density at radius 1 is 1.15 bits per heavy atom. The summed E-state index contributed by atoms with van der Waals surface area (Å²) in [5.41, 5.74) is 9.83. The second kappa shape index (κ2) is 7.66. The first-order chi connectivity index (χ1) is 12.5. The smallest absolute Gasteiger partial charge is 0.0215 e. The molecule has 1 aromatic carbocycles. The zero-order valence-corrected chi connectivity index (χ0v) is 16.9. The van der Waals surface area contributed by atoms with Gasteiger partial charge in [-0.05, 0) is 66.5 Å². The minimum absolute atomic E-state index is 0.123. The van der Waals surface area contributed by atoms with E-state index in [0.29, 0.717) is 0 Å². The largest absolute Gasteiger partial charge is 0.0908 e. The van der Waals surface area contributed by atoms with Crippen LogP contribution in [0.5, 0.6) is 0 Å². The van der Waals surface area contributed by atoms with Crippen LogP contribution in [0.3, 0.4) is 0 Å². The van der Waals surface area contributed by atoms with Crippen molar-refractivity contribution in [2.24, 2.45) is 0 Å². The molecule has 0 aliphatic heterocycles. The van der Waals surface area contributed by atoms with Crippen LogP contribution in [0.1, 0.15) is 69.6 Å². The third kappa shape index (κ3) is 3.18. The molecular weight excluding hydrogens is 312 g/mol. The highest BCUT2D eigenvalue weighted by Crippen LogP contribution is 2.54. The van der Waals surface area contributed by atoms with E-state index in [-0.39, 0.29) is 5.41 Å². The van der Waals surface area contributed by atoms with Crippen LogP contribution in [0, 0.1) is 6.92 Å². The Morgan fingerprint density at radius 3 is 2.50 bits per heavy atom. The molecule has 0 amide bonds. The van der Waals surface area contributed by atoms with Gasteiger partial charge in [0.15, 0.2) is 0 Å². The molecule has 0 radical (unpaired) electrons. The summed E-state index contributed by atoms with van der Waals surface area (Å²) in [7, 11) is 0. The summed E-state index contributed by atoms with van der Waals surface area (Å²) < 4.78 is 0. The Bertz CT molecular complexity index is 818. The van der Waals surface area contributed by atoms with E-state index in [4.69, 9.17) is 0 Å². The number of benzene rings is 1. The minimum Gasteiger partial charge on any atom is -0.0908 e. The van der Waals surface area contributed by atoms with Gasteiger partial charge in [0.2, 0.25) is 0 Å². The molecule has 0 heteroatoms. The number of rotatable bonds is 5. The van der Waals surface area contributed by atoms with E-state index < -0.39 is 0 Å². The van der Waals surface area contributed by atoms with Gasteiger partial charge in [-0.3, -0.25) is 0 Å². The molecule has 3 rings (SSSR count). The molecule has 0 heterocycles. The molecule has 1 aromatic rings. The second-order valence-electron chi connectivity index (χ2n) is 7.87. The lowest BCUT2D eigenvalue weighted by molar-refractivity contribution is 0.435. The highest BCUT2D eigenvalue weighted by atomic mass is 14.5. The maximum Gasteiger partial charge on any atom is 0.0215 e. The van der Waals surface area contributed by atoms with Crippen molar-refractivity contribution in [3.63, 3.8) is 0 Å². The van der Waals surface area contributed by atoms with Crippen molar-refractivity contribution in [3.8, 4) is 0 Å². The zero-order valence-electron chi connectivity index (χ0n) is 16.9. The molecule has 0 unspecified atom stereocenters. The van der Waals surface area contributed by atoms with Crippen molar-refractivity contribution in [2.45, 2.75) is 65.2 Å². The average Bonchev–Trinajstić information content (AvgIpc) is 2.85. The minimum atomic E-state index is 0.123. The van der Waals surface area contributed by atoms with Crippen LogP contribution in [0.25, 0.3) is 5.57 Å². The van der Waals surface area contributed by atoms with E-state index in [2.05, 4.69) is 82.9 Å². The van der Waals surface area contributed by atoms with Crippen molar-refractivity contribution >= 4 is 5.57 Å². The van der Waals surface area contributed by atoms with Crippen LogP contribution in [0.4, 0.5) is 0 Å². The number of hydrogen-bond donors (Lipinski definition) is 0. The van der Waals surface area contributed by atoms with Gasteiger partial charge in [0.05, 0.1) is 0 Å². The van der Waals surface area contributed by atoms with Gasteiger partial charge in [-0.1, -0.05) is 87.4 Å². The Kier molecular flexibility index (Phi) is 5.51. The Morgan fingerprint density at radius 2 is 1.88 bits per heavy atom. The summed E-state index contributed by atoms with van der Waals surface area (Å²) in [6, 6.07) is 6.94. The van der Waals surface area contributed by atoms with E-state index in [0.717, 1.165) is 6.42 Å². The van der Waals surface area contributed by atoms with Crippen molar-refractivity contribution in [1.82, 2.24) is 0 Å². The highest BCUT2D eigenvalue weighted by molar-refractivity contribution is 5.89. The van der Waals surface area contributed by atoms with Gasteiger partial charge in [-0.25, -0.2) is 0 Å². The molecule has 0 nitrogen and oxygen atoms in total. The summed E-state index contributed by atoms with van der Waals surface area (Å²) in [5, 5.41) is 0. The van der Waals surface area contributed by atoms with Crippen LogP contribution in [0.15, 0.2) is 71.9 Å². The summed E-state index contributed by atoms with van der Waals surface area (Å²) in [4.78, 5) is 0. The van der Waals surface area contributed by atoms with E-state index in [1.807, 2.05) is 0 Å². The van der Waals surface area contributed by atoms with Gasteiger partial charge < -0.3 is 0 Å². The predicted molar refractivity (Wildman–Crippen MR) is 115 cm³/mol. The van der Waals surface area contributed by atoms with E-state index in [1.54, 1.807) is 0 Å². The first kappa shape index (κ1) is 18.7. The van der Waals surface area contributed by atoms with Crippen LogP contribution in [-0.2, 0) is 5.41 Å². The standard InChI is InChI=1S/C26H32/c1-6-15-26(16-7-2)24(18-20(4)22-11-9-8-10-12-22)21(5)23-14-13-19(3)17-25(23)26/h8-11,13-14,17-18H,5-7,12,15-16H2,1-4H3/b22-20-,24-18+. The number of aryl methyl sites for hydroxylation is 1. The summed E-state index contributed by atoms with van der Waals surface area (Å²) in [6.45, 7) is 13.6. The van der Waals surface area contributed by atoms with Gasteiger partial charge >= 0.3 is 0 Å². The molecule has 0 aromatic heterocycles. The highest BCUT2D eigenvalue weighted by Gasteiger charge is 2.43. The van der Waals surface area contributed by atoms with Crippen LogP contribution >= 0.6 is 0 Å². The Balaban J connectivity index is 2.19. The van der Waals surface area contributed by atoms with Crippen LogP contribution in [-0.4, -0.2) is 0 Å². The van der Waals surface area contributed by atoms with Gasteiger partial charge in [0.1, 0.15) is 0 Å².